The number of rotatable bonds is 2. The Labute approximate surface area is 117 Å². The molecule has 0 unspecified atom stereocenters. The van der Waals surface area contributed by atoms with Crippen LogP contribution in [0.15, 0.2) is 54.7 Å². The second kappa shape index (κ2) is 6.15. The molecule has 0 N–H and O–H groups in total. The number of carbonyl (C=O) groups is 1. The smallest absolute Gasteiger partial charge is 0.150 e. The highest BCUT2D eigenvalue weighted by molar-refractivity contribution is 5.88. The van der Waals surface area contributed by atoms with Crippen LogP contribution in [0.1, 0.15) is 24.2 Å². The van der Waals surface area contributed by atoms with E-state index in [0.717, 1.165) is 22.9 Å². The Morgan fingerprint density at radius 1 is 1.00 bits per heavy atom. The van der Waals surface area contributed by atoms with Crippen molar-refractivity contribution in [3.63, 3.8) is 0 Å². The summed E-state index contributed by atoms with van der Waals surface area (Å²) >= 11 is 0. The Morgan fingerprint density at radius 2 is 1.70 bits per heavy atom. The maximum absolute atomic E-state index is 12.9. The first-order chi connectivity index (χ1) is 9.78. The number of halogens is 1. The minimum absolute atomic E-state index is 0.251. The topological polar surface area (TPSA) is 22.0 Å². The van der Waals surface area contributed by atoms with Crippen molar-refractivity contribution in [1.82, 2.24) is 4.57 Å². The van der Waals surface area contributed by atoms with Gasteiger partial charge in [0.2, 0.25) is 0 Å². The molecule has 0 aliphatic rings. The van der Waals surface area contributed by atoms with Crippen LogP contribution in [0.2, 0.25) is 0 Å². The number of fused-ring (bicyclic) bond motifs is 1. The average molecular weight is 269 g/mol. The van der Waals surface area contributed by atoms with Gasteiger partial charge in [-0.1, -0.05) is 13.8 Å². The van der Waals surface area contributed by atoms with E-state index in [1.807, 2.05) is 42.8 Å². The van der Waals surface area contributed by atoms with Gasteiger partial charge in [0, 0.05) is 22.8 Å². The van der Waals surface area contributed by atoms with Gasteiger partial charge in [0.25, 0.3) is 0 Å². The predicted molar refractivity (Wildman–Crippen MR) is 80.0 cm³/mol. The average Bonchev–Trinajstić information content (AvgIpc) is 2.93. The van der Waals surface area contributed by atoms with Gasteiger partial charge in [0.1, 0.15) is 12.1 Å². The van der Waals surface area contributed by atoms with E-state index in [-0.39, 0.29) is 5.82 Å². The molecule has 2 nitrogen and oxygen atoms in total. The first-order valence-electron chi connectivity index (χ1n) is 6.60. The van der Waals surface area contributed by atoms with Gasteiger partial charge in [-0.25, -0.2) is 4.39 Å². The fraction of sp³-hybridized carbons (Fsp3) is 0.118. The third-order valence-electron chi connectivity index (χ3n) is 2.96. The van der Waals surface area contributed by atoms with Crippen LogP contribution in [0.3, 0.4) is 0 Å². The standard InChI is InChI=1S/C15H10FNO.C2H6/c16-13-2-4-14(5-3-13)17-8-7-12-9-11(10-18)1-6-15(12)17;1-2/h1-10H;1-2H3. The lowest BCUT2D eigenvalue weighted by Gasteiger charge is -2.05. The molecule has 3 aromatic rings. The first-order valence-corrected chi connectivity index (χ1v) is 6.60. The second-order valence-corrected chi connectivity index (χ2v) is 4.10. The van der Waals surface area contributed by atoms with Crippen LogP contribution in [0.25, 0.3) is 16.6 Å². The van der Waals surface area contributed by atoms with Gasteiger partial charge in [-0.3, -0.25) is 4.79 Å². The number of carbonyl (C=O) groups excluding carboxylic acids is 1. The fourth-order valence-electron chi connectivity index (χ4n) is 2.06. The summed E-state index contributed by atoms with van der Waals surface area (Å²) in [6, 6.07) is 13.7. The summed E-state index contributed by atoms with van der Waals surface area (Å²) in [7, 11) is 0. The van der Waals surface area contributed by atoms with Crippen molar-refractivity contribution in [2.75, 3.05) is 0 Å². The number of aromatic nitrogens is 1. The molecular formula is C17H16FNO. The van der Waals surface area contributed by atoms with Gasteiger partial charge >= 0.3 is 0 Å². The normalized spacial score (nSPS) is 9.95. The monoisotopic (exact) mass is 269 g/mol. The van der Waals surface area contributed by atoms with Crippen LogP contribution >= 0.6 is 0 Å². The Hall–Kier alpha value is -2.42. The summed E-state index contributed by atoms with van der Waals surface area (Å²) in [5.41, 5.74) is 2.54. The van der Waals surface area contributed by atoms with E-state index >= 15 is 0 Å². The SMILES string of the molecule is CC.O=Cc1ccc2c(ccn2-c2ccc(F)cc2)c1. The van der Waals surface area contributed by atoms with Crippen molar-refractivity contribution in [2.24, 2.45) is 0 Å². The zero-order valence-electron chi connectivity index (χ0n) is 11.5. The molecule has 0 spiro atoms. The maximum Gasteiger partial charge on any atom is 0.150 e. The molecule has 2 aromatic carbocycles. The zero-order chi connectivity index (χ0) is 14.5. The van der Waals surface area contributed by atoms with Gasteiger partial charge in [-0.15, -0.1) is 0 Å². The predicted octanol–water partition coefficient (Wildman–Crippen LogP) is 4.61. The van der Waals surface area contributed by atoms with Crippen LogP contribution in [-0.2, 0) is 0 Å². The molecule has 0 bridgehead atoms. The second-order valence-electron chi connectivity index (χ2n) is 4.10. The fourth-order valence-corrected chi connectivity index (χ4v) is 2.06. The summed E-state index contributed by atoms with van der Waals surface area (Å²) in [5, 5.41) is 0.990. The molecule has 0 radical (unpaired) electrons. The van der Waals surface area contributed by atoms with Crippen LogP contribution < -0.4 is 0 Å². The lowest BCUT2D eigenvalue weighted by molar-refractivity contribution is 0.112. The molecule has 0 fully saturated rings. The van der Waals surface area contributed by atoms with Crippen LogP contribution in [0.4, 0.5) is 4.39 Å². The first kappa shape index (κ1) is 14.0. The lowest BCUT2D eigenvalue weighted by Crippen LogP contribution is -1.91. The molecule has 0 atom stereocenters. The van der Waals surface area contributed by atoms with Gasteiger partial charge in [0.15, 0.2) is 0 Å². The van der Waals surface area contributed by atoms with Gasteiger partial charge in [-0.05, 0) is 48.5 Å². The molecule has 0 saturated heterocycles. The van der Waals surface area contributed by atoms with Gasteiger partial charge < -0.3 is 4.57 Å². The summed E-state index contributed by atoms with van der Waals surface area (Å²) in [6.45, 7) is 4.00. The van der Waals surface area contributed by atoms with Crippen molar-refractivity contribution < 1.29 is 9.18 Å². The molecule has 3 heteroatoms. The number of hydrogen-bond donors (Lipinski definition) is 0. The summed E-state index contributed by atoms with van der Waals surface area (Å²) in [5.74, 6) is -0.251. The van der Waals surface area contributed by atoms with E-state index in [9.17, 15) is 9.18 Å². The molecule has 0 aliphatic heterocycles. The minimum atomic E-state index is -0.251. The number of benzene rings is 2. The van der Waals surface area contributed by atoms with Gasteiger partial charge in [0.05, 0.1) is 5.52 Å². The molecule has 0 aliphatic carbocycles. The third kappa shape index (κ3) is 2.62. The van der Waals surface area contributed by atoms with E-state index in [1.54, 1.807) is 18.2 Å². The Bertz CT molecular complexity index is 713. The van der Waals surface area contributed by atoms with Crippen molar-refractivity contribution in [3.8, 4) is 5.69 Å². The van der Waals surface area contributed by atoms with Crippen LogP contribution in [0.5, 0.6) is 0 Å². The highest BCUT2D eigenvalue weighted by Gasteiger charge is 2.04. The van der Waals surface area contributed by atoms with Crippen molar-refractivity contribution in [2.45, 2.75) is 13.8 Å². The number of hydrogen-bond acceptors (Lipinski definition) is 1. The quantitative estimate of drug-likeness (QED) is 0.623. The lowest BCUT2D eigenvalue weighted by atomic mass is 10.2. The summed E-state index contributed by atoms with van der Waals surface area (Å²) in [4.78, 5) is 10.7. The minimum Gasteiger partial charge on any atom is -0.317 e. The Morgan fingerprint density at radius 3 is 2.35 bits per heavy atom. The van der Waals surface area contributed by atoms with Crippen LogP contribution in [-0.4, -0.2) is 10.9 Å². The van der Waals surface area contributed by atoms with E-state index in [1.165, 1.54) is 12.1 Å². The zero-order valence-corrected chi connectivity index (χ0v) is 11.5. The maximum atomic E-state index is 12.9. The van der Waals surface area contributed by atoms with Crippen molar-refractivity contribution >= 4 is 17.2 Å². The molecule has 1 aromatic heterocycles. The molecule has 0 amide bonds. The van der Waals surface area contributed by atoms with Crippen molar-refractivity contribution in [3.05, 3.63) is 66.1 Å². The highest BCUT2D eigenvalue weighted by atomic mass is 19.1. The molecule has 102 valence electrons. The van der Waals surface area contributed by atoms with Gasteiger partial charge in [-0.2, -0.15) is 0 Å². The highest BCUT2D eigenvalue weighted by Crippen LogP contribution is 2.21. The molecular weight excluding hydrogens is 253 g/mol. The van der Waals surface area contributed by atoms with E-state index in [2.05, 4.69) is 0 Å². The Balaban J connectivity index is 0.000000704. The van der Waals surface area contributed by atoms with E-state index in [4.69, 9.17) is 0 Å². The van der Waals surface area contributed by atoms with Crippen LogP contribution in [0, 0.1) is 5.82 Å². The third-order valence-corrected chi connectivity index (χ3v) is 2.96. The molecule has 0 saturated carbocycles. The molecule has 1 heterocycles. The summed E-state index contributed by atoms with van der Waals surface area (Å²) < 4.78 is 14.9. The number of nitrogens with zero attached hydrogens (tertiary/aromatic N) is 1. The molecule has 3 rings (SSSR count). The van der Waals surface area contributed by atoms with E-state index < -0.39 is 0 Å². The summed E-state index contributed by atoms with van der Waals surface area (Å²) in [6.07, 6.45) is 2.74. The Kier molecular flexibility index (Phi) is 4.31. The number of aldehydes is 1. The largest absolute Gasteiger partial charge is 0.317 e. The van der Waals surface area contributed by atoms with E-state index in [0.29, 0.717) is 5.56 Å². The molecule has 20 heavy (non-hydrogen) atoms. The van der Waals surface area contributed by atoms with Crippen molar-refractivity contribution in [1.29, 1.82) is 0 Å².